The summed E-state index contributed by atoms with van der Waals surface area (Å²) in [6.45, 7) is 2.53. The molecule has 1 heterocycles. The van der Waals surface area contributed by atoms with Gasteiger partial charge in [-0.2, -0.15) is 17.4 Å². The van der Waals surface area contributed by atoms with E-state index in [9.17, 15) is 8.42 Å². The van der Waals surface area contributed by atoms with Gasteiger partial charge in [-0.15, -0.1) is 0 Å². The van der Waals surface area contributed by atoms with Gasteiger partial charge in [0.25, 0.3) is 10.2 Å². The lowest BCUT2D eigenvalue weighted by molar-refractivity contribution is 0.0910. The van der Waals surface area contributed by atoms with Crippen LogP contribution in [-0.4, -0.2) is 58.2 Å². The Hall–Kier alpha value is -0.210. The zero-order valence-electron chi connectivity index (χ0n) is 10.2. The standard InChI is InChI=1S/C10H21N3O3S/c1-16-10-4-2-3-9(10)12-17(14,15)13-7-5-11-6-8-13/h9-12H,2-8H2,1H3. The molecule has 2 atom stereocenters. The van der Waals surface area contributed by atoms with Crippen LogP contribution in [0, 0.1) is 0 Å². The second-order valence-electron chi connectivity index (χ2n) is 4.58. The van der Waals surface area contributed by atoms with Crippen molar-refractivity contribution in [2.45, 2.75) is 31.4 Å². The second kappa shape index (κ2) is 5.62. The molecule has 7 heteroatoms. The summed E-state index contributed by atoms with van der Waals surface area (Å²) in [6.07, 6.45) is 2.84. The Morgan fingerprint density at radius 3 is 2.65 bits per heavy atom. The van der Waals surface area contributed by atoms with Crippen molar-refractivity contribution in [2.24, 2.45) is 0 Å². The third kappa shape index (κ3) is 3.17. The summed E-state index contributed by atoms with van der Waals surface area (Å²) in [5.41, 5.74) is 0. The van der Waals surface area contributed by atoms with Crippen LogP contribution in [0.5, 0.6) is 0 Å². The van der Waals surface area contributed by atoms with Gasteiger partial charge in [-0.25, -0.2) is 0 Å². The van der Waals surface area contributed by atoms with Crippen LogP contribution in [-0.2, 0) is 14.9 Å². The normalized spacial score (nSPS) is 31.8. The zero-order chi connectivity index (χ0) is 12.3. The molecule has 17 heavy (non-hydrogen) atoms. The maximum atomic E-state index is 12.1. The molecule has 2 N–H and O–H groups in total. The van der Waals surface area contributed by atoms with Gasteiger partial charge < -0.3 is 10.1 Å². The average molecular weight is 263 g/mol. The van der Waals surface area contributed by atoms with E-state index in [4.69, 9.17) is 4.74 Å². The molecular weight excluding hydrogens is 242 g/mol. The third-order valence-electron chi connectivity index (χ3n) is 3.47. The second-order valence-corrected chi connectivity index (χ2v) is 6.29. The van der Waals surface area contributed by atoms with E-state index >= 15 is 0 Å². The predicted octanol–water partition coefficient (Wildman–Crippen LogP) is -0.706. The summed E-state index contributed by atoms with van der Waals surface area (Å²) < 4.78 is 33.8. The molecule has 0 aromatic heterocycles. The highest BCUT2D eigenvalue weighted by Crippen LogP contribution is 2.22. The summed E-state index contributed by atoms with van der Waals surface area (Å²) in [5, 5.41) is 3.14. The Kier molecular flexibility index (Phi) is 4.37. The van der Waals surface area contributed by atoms with Gasteiger partial charge in [-0.1, -0.05) is 0 Å². The van der Waals surface area contributed by atoms with E-state index in [2.05, 4.69) is 10.0 Å². The van der Waals surface area contributed by atoms with E-state index in [0.717, 1.165) is 32.4 Å². The molecule has 0 amide bonds. The van der Waals surface area contributed by atoms with Crippen LogP contribution < -0.4 is 10.0 Å². The smallest absolute Gasteiger partial charge is 0.279 e. The summed E-state index contributed by atoms with van der Waals surface area (Å²) in [7, 11) is -1.71. The fourth-order valence-corrected chi connectivity index (χ4v) is 3.96. The van der Waals surface area contributed by atoms with Gasteiger partial charge in [-0.05, 0) is 19.3 Å². The first-order valence-electron chi connectivity index (χ1n) is 6.14. The molecule has 2 unspecified atom stereocenters. The molecule has 2 aliphatic rings. The SMILES string of the molecule is COC1CCCC1NS(=O)(=O)N1CCNCC1. The number of nitrogens with zero attached hydrogens (tertiary/aromatic N) is 1. The lowest BCUT2D eigenvalue weighted by Crippen LogP contribution is -2.53. The largest absolute Gasteiger partial charge is 0.380 e. The van der Waals surface area contributed by atoms with Gasteiger partial charge >= 0.3 is 0 Å². The molecule has 1 saturated heterocycles. The van der Waals surface area contributed by atoms with E-state index in [1.165, 1.54) is 4.31 Å². The summed E-state index contributed by atoms with van der Waals surface area (Å²) in [4.78, 5) is 0. The molecule has 0 radical (unpaired) electrons. The highest BCUT2D eigenvalue weighted by Gasteiger charge is 2.33. The monoisotopic (exact) mass is 263 g/mol. The number of nitrogens with one attached hydrogen (secondary N) is 2. The number of piperazine rings is 1. The van der Waals surface area contributed by atoms with Gasteiger partial charge in [0, 0.05) is 39.3 Å². The molecule has 0 aromatic carbocycles. The third-order valence-corrected chi connectivity index (χ3v) is 5.12. The van der Waals surface area contributed by atoms with Crippen molar-refractivity contribution in [1.29, 1.82) is 0 Å². The average Bonchev–Trinajstić information content (AvgIpc) is 2.77. The molecule has 6 nitrogen and oxygen atoms in total. The van der Waals surface area contributed by atoms with Crippen LogP contribution in [0.25, 0.3) is 0 Å². The van der Waals surface area contributed by atoms with Crippen LogP contribution in [0.3, 0.4) is 0 Å². The minimum absolute atomic E-state index is 0.0210. The predicted molar refractivity (Wildman–Crippen MR) is 64.9 cm³/mol. The van der Waals surface area contributed by atoms with Crippen molar-refractivity contribution >= 4 is 10.2 Å². The molecule has 2 fully saturated rings. The first kappa shape index (κ1) is 13.2. The minimum atomic E-state index is -3.35. The maximum absolute atomic E-state index is 12.1. The fourth-order valence-electron chi connectivity index (χ4n) is 2.49. The zero-order valence-corrected chi connectivity index (χ0v) is 11.0. The van der Waals surface area contributed by atoms with Crippen molar-refractivity contribution in [1.82, 2.24) is 14.3 Å². The van der Waals surface area contributed by atoms with Gasteiger partial charge in [0.05, 0.1) is 6.10 Å². The number of ether oxygens (including phenoxy) is 1. The van der Waals surface area contributed by atoms with E-state index in [1.807, 2.05) is 0 Å². The first-order chi connectivity index (χ1) is 8.13. The van der Waals surface area contributed by atoms with Crippen LogP contribution in [0.2, 0.25) is 0 Å². The van der Waals surface area contributed by atoms with Crippen molar-refractivity contribution in [3.8, 4) is 0 Å². The Morgan fingerprint density at radius 1 is 1.29 bits per heavy atom. The Balaban J connectivity index is 1.96. The van der Waals surface area contributed by atoms with Crippen LogP contribution in [0.4, 0.5) is 0 Å². The summed E-state index contributed by atoms with van der Waals surface area (Å²) in [6, 6.07) is -0.0696. The first-order valence-corrected chi connectivity index (χ1v) is 7.58. The number of hydrogen-bond donors (Lipinski definition) is 2. The van der Waals surface area contributed by atoms with Crippen LogP contribution in [0.15, 0.2) is 0 Å². The highest BCUT2D eigenvalue weighted by molar-refractivity contribution is 7.87. The van der Waals surface area contributed by atoms with Crippen LogP contribution in [0.1, 0.15) is 19.3 Å². The summed E-state index contributed by atoms with van der Waals surface area (Å²) in [5.74, 6) is 0. The quantitative estimate of drug-likeness (QED) is 0.703. The molecule has 1 saturated carbocycles. The Morgan fingerprint density at radius 2 is 2.00 bits per heavy atom. The molecule has 100 valence electrons. The lowest BCUT2D eigenvalue weighted by Gasteiger charge is -2.29. The van der Waals surface area contributed by atoms with E-state index in [0.29, 0.717) is 13.1 Å². The number of rotatable bonds is 4. The van der Waals surface area contributed by atoms with E-state index < -0.39 is 10.2 Å². The molecule has 1 aliphatic carbocycles. The van der Waals surface area contributed by atoms with Crippen molar-refractivity contribution in [2.75, 3.05) is 33.3 Å². The fraction of sp³-hybridized carbons (Fsp3) is 1.00. The van der Waals surface area contributed by atoms with E-state index in [1.54, 1.807) is 7.11 Å². The maximum Gasteiger partial charge on any atom is 0.279 e. The van der Waals surface area contributed by atoms with Gasteiger partial charge in [0.15, 0.2) is 0 Å². The molecule has 0 bridgehead atoms. The Labute approximate surface area is 103 Å². The summed E-state index contributed by atoms with van der Waals surface area (Å²) >= 11 is 0. The van der Waals surface area contributed by atoms with Crippen molar-refractivity contribution in [3.05, 3.63) is 0 Å². The van der Waals surface area contributed by atoms with Crippen molar-refractivity contribution in [3.63, 3.8) is 0 Å². The molecule has 0 aromatic rings. The van der Waals surface area contributed by atoms with Crippen molar-refractivity contribution < 1.29 is 13.2 Å². The Bertz CT molecular complexity index is 341. The highest BCUT2D eigenvalue weighted by atomic mass is 32.2. The lowest BCUT2D eigenvalue weighted by atomic mass is 10.2. The minimum Gasteiger partial charge on any atom is -0.380 e. The molecule has 1 aliphatic heterocycles. The van der Waals surface area contributed by atoms with Gasteiger partial charge in [0.2, 0.25) is 0 Å². The van der Waals surface area contributed by atoms with Crippen LogP contribution >= 0.6 is 0 Å². The van der Waals surface area contributed by atoms with Gasteiger partial charge in [0.1, 0.15) is 0 Å². The molecule has 2 rings (SSSR count). The number of hydrogen-bond acceptors (Lipinski definition) is 4. The van der Waals surface area contributed by atoms with E-state index in [-0.39, 0.29) is 12.1 Å². The number of methoxy groups -OCH3 is 1. The molecular formula is C10H21N3O3S. The molecule has 0 spiro atoms. The van der Waals surface area contributed by atoms with Gasteiger partial charge in [-0.3, -0.25) is 0 Å². The topological polar surface area (TPSA) is 70.7 Å².